The van der Waals surface area contributed by atoms with E-state index in [-0.39, 0.29) is 89.6 Å². The number of imidazole rings is 1. The zero-order chi connectivity index (χ0) is 53.1. The predicted molar refractivity (Wildman–Crippen MR) is 286 cm³/mol. The van der Waals surface area contributed by atoms with Gasteiger partial charge in [-0.2, -0.15) is 9.97 Å². The van der Waals surface area contributed by atoms with E-state index in [1.54, 1.807) is 40.9 Å². The van der Waals surface area contributed by atoms with Gasteiger partial charge in [0.2, 0.25) is 11.8 Å². The number of rotatable bonds is 15. The first-order valence-corrected chi connectivity index (χ1v) is 27.5. The third kappa shape index (κ3) is 9.35. The lowest BCUT2D eigenvalue weighted by molar-refractivity contribution is -0.135. The van der Waals surface area contributed by atoms with Gasteiger partial charge in [0.15, 0.2) is 5.82 Å². The summed E-state index contributed by atoms with van der Waals surface area (Å²) in [7, 11) is 1.72. The number of piperazine rings is 1. The summed E-state index contributed by atoms with van der Waals surface area (Å²) in [4.78, 5) is 71.4. The van der Waals surface area contributed by atoms with Gasteiger partial charge in [0.1, 0.15) is 35.5 Å². The van der Waals surface area contributed by atoms with Crippen LogP contribution in [0, 0.1) is 24.0 Å². The van der Waals surface area contributed by atoms with Gasteiger partial charge in [-0.1, -0.05) is 48.7 Å². The molecule has 3 amide bonds. The Bertz CT molecular complexity index is 3420. The summed E-state index contributed by atoms with van der Waals surface area (Å²) in [5.41, 5.74) is 2.36. The van der Waals surface area contributed by atoms with Crippen LogP contribution in [0.4, 0.5) is 19.4 Å². The first-order chi connectivity index (χ1) is 37.4. The fourth-order valence-corrected chi connectivity index (χ4v) is 14.0. The third-order valence-electron chi connectivity index (χ3n) is 17.7. The second-order valence-corrected chi connectivity index (χ2v) is 22.2. The van der Waals surface area contributed by atoms with E-state index >= 15 is 8.78 Å². The molecule has 6 aliphatic rings. The van der Waals surface area contributed by atoms with E-state index in [2.05, 4.69) is 31.3 Å². The number of ether oxygens (including phenoxy) is 2. The number of para-hydroxylation sites is 1. The van der Waals surface area contributed by atoms with Crippen LogP contribution in [0.15, 0.2) is 59.5 Å². The monoisotopic (exact) mass is 1050 g/mol. The van der Waals surface area contributed by atoms with E-state index < -0.39 is 29.7 Å². The number of aromatic nitrogens is 5. The van der Waals surface area contributed by atoms with Crippen LogP contribution >= 0.6 is 0 Å². The average molecular weight is 1050 g/mol. The third-order valence-corrected chi connectivity index (χ3v) is 17.7. The summed E-state index contributed by atoms with van der Waals surface area (Å²) in [6.07, 6.45) is 17.8. The number of terminal acetylenes is 1. The number of nitrogens with one attached hydrogen (secondary N) is 2. The molecule has 6 fully saturated rings. The highest BCUT2D eigenvalue weighted by atomic mass is 19.1. The Morgan fingerprint density at radius 2 is 1.78 bits per heavy atom. The number of anilines is 1. The number of carbonyl (C=O) groups excluding carboxylic acids is 2. The van der Waals surface area contributed by atoms with Gasteiger partial charge in [-0.25, -0.2) is 18.4 Å². The topological polar surface area (TPSA) is 189 Å². The number of unbranched alkanes of at least 4 members (excludes halogenated alkanes) is 2. The average Bonchev–Trinajstić information content (AvgIpc) is 4.24. The molecule has 9 heterocycles. The molecule has 0 aliphatic carbocycles. The molecule has 17 nitrogen and oxygen atoms in total. The molecular weight excluding hydrogens is 987 g/mol. The van der Waals surface area contributed by atoms with E-state index in [0.717, 1.165) is 81.8 Å². The van der Waals surface area contributed by atoms with Crippen molar-refractivity contribution in [2.45, 2.75) is 138 Å². The van der Waals surface area contributed by atoms with Crippen molar-refractivity contribution >= 4 is 56.4 Å². The maximum absolute atomic E-state index is 17.3. The summed E-state index contributed by atoms with van der Waals surface area (Å²) < 4.78 is 48.7. The highest BCUT2D eigenvalue weighted by molar-refractivity contribution is 6.02. The number of imide groups is 1. The number of nitrogens with zero attached hydrogens (tertiary/aromatic N) is 8. The predicted octanol–water partition coefficient (Wildman–Crippen LogP) is 7.38. The molecule has 3 N–H and O–H groups in total. The van der Waals surface area contributed by atoms with Gasteiger partial charge in [0.05, 0.1) is 33.6 Å². The summed E-state index contributed by atoms with van der Waals surface area (Å²) in [6.45, 7) is 3.48. The summed E-state index contributed by atoms with van der Waals surface area (Å²) >= 11 is 0. The van der Waals surface area contributed by atoms with Crippen molar-refractivity contribution in [2.75, 3.05) is 44.3 Å². The van der Waals surface area contributed by atoms with Crippen LogP contribution in [0.3, 0.4) is 0 Å². The van der Waals surface area contributed by atoms with Gasteiger partial charge in [-0.3, -0.25) is 33.9 Å². The van der Waals surface area contributed by atoms with Gasteiger partial charge in [0, 0.05) is 81.0 Å². The van der Waals surface area contributed by atoms with Gasteiger partial charge >= 0.3 is 17.8 Å². The number of carboxylic acid groups (broad SMARTS) is 1. The maximum atomic E-state index is 17.3. The Labute approximate surface area is 444 Å². The summed E-state index contributed by atoms with van der Waals surface area (Å²) in [5.74, 6) is 1.00. The van der Waals surface area contributed by atoms with Crippen molar-refractivity contribution in [3.05, 3.63) is 88.0 Å². The SMILES string of the molecule is C#Cc1c(F)ccc2cccc(-c3ncc4c(N5CC6CCC(C5)N6)nc(OC[C@@]56CCCN5[C@H](CC5CC(OCCCCCc7cccc8c7n(C)c(=O)n8C7CCC(=O)NC7=O)CCN5C(=O)O)CC6)nc4c3F)c12. The number of pyridine rings is 1. The first kappa shape index (κ1) is 50.8. The highest BCUT2D eigenvalue weighted by Gasteiger charge is 2.51. The van der Waals surface area contributed by atoms with E-state index in [1.165, 1.54) is 10.6 Å². The Hall–Kier alpha value is -7.01. The van der Waals surface area contributed by atoms with Crippen molar-refractivity contribution in [2.24, 2.45) is 7.05 Å². The number of carbonyl (C=O) groups is 3. The minimum Gasteiger partial charge on any atom is -0.465 e. The molecule has 402 valence electrons. The molecule has 12 rings (SSSR count). The van der Waals surface area contributed by atoms with Gasteiger partial charge in [-0.05, 0) is 113 Å². The molecule has 0 saturated carbocycles. The Morgan fingerprint density at radius 1 is 0.948 bits per heavy atom. The summed E-state index contributed by atoms with van der Waals surface area (Å²) in [6, 6.07) is 13.8. The minimum atomic E-state index is -0.918. The molecule has 6 aromatic rings. The van der Waals surface area contributed by atoms with Gasteiger partial charge < -0.3 is 29.7 Å². The van der Waals surface area contributed by atoms with Crippen LogP contribution in [0.5, 0.6) is 6.01 Å². The molecule has 3 aromatic carbocycles. The molecule has 2 bridgehead atoms. The van der Waals surface area contributed by atoms with Crippen LogP contribution in [-0.2, 0) is 27.8 Å². The number of halogens is 2. The number of aryl methyl sites for hydroxylation is 2. The van der Waals surface area contributed by atoms with Gasteiger partial charge in [-0.15, -0.1) is 6.42 Å². The molecule has 5 unspecified atom stereocenters. The molecule has 3 aromatic heterocycles. The molecule has 6 aliphatic heterocycles. The number of amides is 3. The van der Waals surface area contributed by atoms with Crippen molar-refractivity contribution in [1.29, 1.82) is 0 Å². The number of hydrogen-bond acceptors (Lipinski definition) is 12. The number of piperidine rings is 2. The van der Waals surface area contributed by atoms with E-state index in [4.69, 9.17) is 25.9 Å². The van der Waals surface area contributed by atoms with Crippen LogP contribution in [0.2, 0.25) is 0 Å². The van der Waals surface area contributed by atoms with Crippen molar-refractivity contribution in [3.63, 3.8) is 0 Å². The molecule has 0 radical (unpaired) electrons. The molecule has 0 spiro atoms. The Morgan fingerprint density at radius 3 is 2.58 bits per heavy atom. The molecule has 19 heteroatoms. The number of benzene rings is 3. The standard InChI is InChI=1S/C58H64F2N10O7/c1-3-41-44(59)18-15-34-11-7-13-42(48(34)41)50-49(60)51-43(30-61-50)53(67-31-36-16-17-37(32-67)62-36)65-55(64-51)77-33-58-23-9-25-69(58)38(21-24-58)28-39-29-40(22-26-68(39)57(74)75)76-27-6-4-5-10-35-12-8-14-45-52(35)66(2)56(73)70(45)46-19-20-47(71)63-54(46)72/h1,7-8,11-15,18,30,36-40,46,62H,4-6,9-10,16-17,19-29,31-33H2,2H3,(H,74,75)(H,63,71,72)/t36?,37?,38-,39?,40?,46?,58-/m0/s1. The fourth-order valence-electron chi connectivity index (χ4n) is 14.0. The van der Waals surface area contributed by atoms with Crippen LogP contribution in [0.1, 0.15) is 107 Å². The number of likely N-dealkylation sites (tertiary alicyclic amines) is 1. The normalized spacial score (nSPS) is 25.5. The van der Waals surface area contributed by atoms with Crippen LogP contribution in [0.25, 0.3) is 44.0 Å². The lowest BCUT2D eigenvalue weighted by atomic mass is 9.92. The number of fused-ring (bicyclic) bond motifs is 6. The second kappa shape index (κ2) is 20.7. The van der Waals surface area contributed by atoms with Crippen molar-refractivity contribution < 1.29 is 37.7 Å². The quantitative estimate of drug-likeness (QED) is 0.0526. The summed E-state index contributed by atoms with van der Waals surface area (Å²) in [5, 5.41) is 18.0. The molecule has 77 heavy (non-hydrogen) atoms. The van der Waals surface area contributed by atoms with Crippen molar-refractivity contribution in [1.82, 2.24) is 44.5 Å². The van der Waals surface area contributed by atoms with E-state index in [1.807, 2.05) is 24.3 Å². The lowest BCUT2D eigenvalue weighted by Gasteiger charge is -2.41. The second-order valence-electron chi connectivity index (χ2n) is 22.2. The lowest BCUT2D eigenvalue weighted by Crippen LogP contribution is -2.52. The molecule has 7 atom stereocenters. The fraction of sp³-hybridized carbons (Fsp3) is 0.500. The zero-order valence-corrected chi connectivity index (χ0v) is 43.3. The van der Waals surface area contributed by atoms with E-state index in [9.17, 15) is 24.3 Å². The smallest absolute Gasteiger partial charge is 0.407 e. The van der Waals surface area contributed by atoms with Crippen LogP contribution in [-0.4, -0.2) is 132 Å². The largest absolute Gasteiger partial charge is 0.465 e. The van der Waals surface area contributed by atoms with Crippen LogP contribution < -0.4 is 26.0 Å². The minimum absolute atomic E-state index is 0.00495. The first-order valence-electron chi connectivity index (χ1n) is 27.5. The zero-order valence-electron chi connectivity index (χ0n) is 43.3. The number of hydrogen-bond donors (Lipinski definition) is 3. The highest BCUT2D eigenvalue weighted by Crippen LogP contribution is 2.46. The Kier molecular flexibility index (Phi) is 13.7. The van der Waals surface area contributed by atoms with E-state index in [0.29, 0.717) is 78.6 Å². The molecule has 6 saturated heterocycles. The Balaban J connectivity index is 0.710. The maximum Gasteiger partial charge on any atom is 0.407 e. The van der Waals surface area contributed by atoms with Crippen molar-refractivity contribution in [3.8, 4) is 29.6 Å². The van der Waals surface area contributed by atoms with Gasteiger partial charge in [0.25, 0.3) is 0 Å². The molecular formula is C58H64F2N10O7.